The number of benzene rings is 2. The fourth-order valence-corrected chi connectivity index (χ4v) is 3.44. The number of carboxylic acid groups (broad SMARTS) is 1. The lowest BCUT2D eigenvalue weighted by Crippen LogP contribution is -2.46. The third-order valence-corrected chi connectivity index (χ3v) is 4.84. The van der Waals surface area contributed by atoms with E-state index in [-0.39, 0.29) is 25.7 Å². The van der Waals surface area contributed by atoms with Crippen LogP contribution in [0.4, 0.5) is 4.79 Å². The van der Waals surface area contributed by atoms with Gasteiger partial charge in [0.1, 0.15) is 19.3 Å². The molecule has 2 aromatic rings. The van der Waals surface area contributed by atoms with Crippen LogP contribution in [0.25, 0.3) is 11.1 Å². The summed E-state index contributed by atoms with van der Waals surface area (Å²) >= 11 is 0. The Balaban J connectivity index is 1.48. The number of carbonyl (C=O) groups excluding carboxylic acids is 2. The normalized spacial score (nSPS) is 13.1. The van der Waals surface area contributed by atoms with Gasteiger partial charge in [-0.2, -0.15) is 0 Å². The summed E-state index contributed by atoms with van der Waals surface area (Å²) in [5.41, 5.74) is 4.50. The van der Waals surface area contributed by atoms with Crippen LogP contribution in [-0.2, 0) is 19.1 Å². The molecule has 1 aliphatic carbocycles. The molecular weight excluding hydrogens is 388 g/mol. The molecule has 1 aliphatic rings. The van der Waals surface area contributed by atoms with E-state index >= 15 is 0 Å². The number of nitrogens with one attached hydrogen (secondary N) is 2. The molecule has 0 aromatic heterocycles. The molecule has 0 radical (unpaired) electrons. The van der Waals surface area contributed by atoms with Crippen molar-refractivity contribution >= 4 is 18.0 Å². The molecule has 158 valence electrons. The molecule has 0 saturated carbocycles. The van der Waals surface area contributed by atoms with Gasteiger partial charge in [-0.3, -0.25) is 4.79 Å². The molecular formula is C22H24N2O6. The van der Waals surface area contributed by atoms with Crippen LogP contribution < -0.4 is 10.6 Å². The summed E-state index contributed by atoms with van der Waals surface area (Å²) in [5.74, 6) is -1.55. The lowest BCUT2D eigenvalue weighted by Gasteiger charge is -2.17. The van der Waals surface area contributed by atoms with Crippen molar-refractivity contribution in [3.05, 3.63) is 59.7 Å². The van der Waals surface area contributed by atoms with Gasteiger partial charge in [0.25, 0.3) is 0 Å². The van der Waals surface area contributed by atoms with Gasteiger partial charge in [-0.15, -0.1) is 0 Å². The number of fused-ring (bicyclic) bond motifs is 3. The fourth-order valence-electron chi connectivity index (χ4n) is 3.44. The molecule has 3 rings (SSSR count). The van der Waals surface area contributed by atoms with E-state index in [1.807, 2.05) is 36.4 Å². The molecule has 30 heavy (non-hydrogen) atoms. The first-order chi connectivity index (χ1) is 14.5. The molecule has 0 bridgehead atoms. The number of carboxylic acids is 1. The maximum absolute atomic E-state index is 12.2. The van der Waals surface area contributed by atoms with E-state index < -0.39 is 30.6 Å². The summed E-state index contributed by atoms with van der Waals surface area (Å²) in [5, 5.41) is 13.5. The first-order valence-electron chi connectivity index (χ1n) is 9.66. The minimum atomic E-state index is -1.08. The van der Waals surface area contributed by atoms with Crippen LogP contribution in [0.5, 0.6) is 0 Å². The molecule has 0 spiro atoms. The highest BCUT2D eigenvalue weighted by Gasteiger charge is 2.29. The van der Waals surface area contributed by atoms with E-state index in [9.17, 15) is 14.4 Å². The third-order valence-electron chi connectivity index (χ3n) is 4.84. The van der Waals surface area contributed by atoms with E-state index in [4.69, 9.17) is 14.6 Å². The van der Waals surface area contributed by atoms with Crippen LogP contribution in [0.2, 0.25) is 0 Å². The smallest absolute Gasteiger partial charge is 0.407 e. The van der Waals surface area contributed by atoms with Crippen LogP contribution >= 0.6 is 0 Å². The van der Waals surface area contributed by atoms with Crippen molar-refractivity contribution in [2.45, 2.75) is 18.9 Å². The molecule has 8 nitrogen and oxygen atoms in total. The summed E-state index contributed by atoms with van der Waals surface area (Å²) in [7, 11) is 0. The van der Waals surface area contributed by atoms with Crippen LogP contribution in [0.1, 0.15) is 24.0 Å². The van der Waals surface area contributed by atoms with Gasteiger partial charge in [-0.05, 0) is 29.2 Å². The number of alkyl carbamates (subject to hydrolysis) is 1. The quantitative estimate of drug-likeness (QED) is 0.544. The first kappa shape index (κ1) is 21.3. The van der Waals surface area contributed by atoms with E-state index in [0.717, 1.165) is 22.3 Å². The number of amides is 2. The number of hydrogen-bond acceptors (Lipinski definition) is 5. The number of ether oxygens (including phenoxy) is 2. The Morgan fingerprint density at radius 1 is 1.03 bits per heavy atom. The minimum absolute atomic E-state index is 0.0568. The van der Waals surface area contributed by atoms with Gasteiger partial charge in [0, 0.05) is 12.5 Å². The second kappa shape index (κ2) is 9.89. The fraction of sp³-hybridized carbons (Fsp3) is 0.318. The Hall–Kier alpha value is -3.39. The van der Waals surface area contributed by atoms with Gasteiger partial charge in [-0.1, -0.05) is 48.5 Å². The Kier molecular flexibility index (Phi) is 7.03. The minimum Gasteiger partial charge on any atom is -0.480 e. The third kappa shape index (κ3) is 5.15. The molecule has 0 saturated heterocycles. The molecule has 1 atom stereocenters. The van der Waals surface area contributed by atoms with Gasteiger partial charge >= 0.3 is 12.1 Å². The van der Waals surface area contributed by atoms with Crippen LogP contribution in [0, 0.1) is 0 Å². The van der Waals surface area contributed by atoms with E-state index in [1.165, 1.54) is 6.92 Å². The van der Waals surface area contributed by atoms with Crippen molar-refractivity contribution in [2.75, 3.05) is 26.4 Å². The van der Waals surface area contributed by atoms with Crippen molar-refractivity contribution < 1.29 is 29.0 Å². The lowest BCUT2D eigenvalue weighted by atomic mass is 9.98. The van der Waals surface area contributed by atoms with E-state index in [2.05, 4.69) is 22.8 Å². The highest BCUT2D eigenvalue weighted by Crippen LogP contribution is 2.44. The van der Waals surface area contributed by atoms with Gasteiger partial charge < -0.3 is 25.2 Å². The van der Waals surface area contributed by atoms with Crippen molar-refractivity contribution in [2.24, 2.45) is 0 Å². The molecule has 8 heteroatoms. The Morgan fingerprint density at radius 2 is 1.63 bits per heavy atom. The second-order valence-electron chi connectivity index (χ2n) is 6.93. The standard InChI is InChI=1S/C22H24N2O6/c1-14(21(27)23-10-11-29-13-20(25)26)24-22(28)30-12-19-17-8-4-2-6-15(17)16-7-3-5-9-18(16)19/h2-9,14,19H,10-13H2,1H3,(H,23,27)(H,24,28)(H,25,26)/t14-/m0/s1. The van der Waals surface area contributed by atoms with Crippen molar-refractivity contribution in [1.82, 2.24) is 10.6 Å². The Labute approximate surface area is 174 Å². The van der Waals surface area contributed by atoms with Gasteiger partial charge in [-0.25, -0.2) is 9.59 Å². The van der Waals surface area contributed by atoms with Gasteiger partial charge in [0.2, 0.25) is 5.91 Å². The van der Waals surface area contributed by atoms with Crippen LogP contribution in [0.15, 0.2) is 48.5 Å². The van der Waals surface area contributed by atoms with Crippen molar-refractivity contribution in [1.29, 1.82) is 0 Å². The molecule has 0 aliphatic heterocycles. The Morgan fingerprint density at radius 3 is 2.23 bits per heavy atom. The van der Waals surface area contributed by atoms with Crippen molar-refractivity contribution in [3.63, 3.8) is 0 Å². The van der Waals surface area contributed by atoms with Crippen LogP contribution in [0.3, 0.4) is 0 Å². The SMILES string of the molecule is C[C@H](NC(=O)OCC1c2ccccc2-c2ccccc21)C(=O)NCCOCC(=O)O. The largest absolute Gasteiger partial charge is 0.480 e. The number of aliphatic carboxylic acids is 1. The van der Waals surface area contributed by atoms with Gasteiger partial charge in [0.05, 0.1) is 6.61 Å². The molecule has 2 amide bonds. The van der Waals surface area contributed by atoms with Crippen LogP contribution in [-0.4, -0.2) is 55.5 Å². The molecule has 0 heterocycles. The number of hydrogen-bond donors (Lipinski definition) is 3. The summed E-state index contributed by atoms with van der Waals surface area (Å²) < 4.78 is 10.2. The summed E-state index contributed by atoms with van der Waals surface area (Å²) in [6.07, 6.45) is -0.679. The monoisotopic (exact) mass is 412 g/mol. The zero-order chi connectivity index (χ0) is 21.5. The zero-order valence-corrected chi connectivity index (χ0v) is 16.6. The van der Waals surface area contributed by atoms with E-state index in [1.54, 1.807) is 0 Å². The highest BCUT2D eigenvalue weighted by atomic mass is 16.5. The first-order valence-corrected chi connectivity index (χ1v) is 9.66. The molecule has 0 fully saturated rings. The Bertz CT molecular complexity index is 884. The van der Waals surface area contributed by atoms with Crippen molar-refractivity contribution in [3.8, 4) is 11.1 Å². The molecule has 2 aromatic carbocycles. The topological polar surface area (TPSA) is 114 Å². The number of rotatable bonds is 9. The summed E-state index contributed by atoms with van der Waals surface area (Å²) in [6, 6.07) is 15.3. The second-order valence-corrected chi connectivity index (χ2v) is 6.93. The number of carbonyl (C=O) groups is 3. The summed E-state index contributed by atoms with van der Waals surface area (Å²) in [6.45, 7) is 1.48. The average Bonchev–Trinajstić information content (AvgIpc) is 3.05. The lowest BCUT2D eigenvalue weighted by molar-refractivity contribution is -0.142. The average molecular weight is 412 g/mol. The molecule has 0 unspecified atom stereocenters. The zero-order valence-electron chi connectivity index (χ0n) is 16.6. The maximum atomic E-state index is 12.2. The van der Waals surface area contributed by atoms with E-state index in [0.29, 0.717) is 0 Å². The molecule has 3 N–H and O–H groups in total. The maximum Gasteiger partial charge on any atom is 0.407 e. The predicted molar refractivity (Wildman–Crippen MR) is 109 cm³/mol. The highest BCUT2D eigenvalue weighted by molar-refractivity contribution is 5.85. The predicted octanol–water partition coefficient (Wildman–Crippen LogP) is 2.13. The van der Waals surface area contributed by atoms with Gasteiger partial charge in [0.15, 0.2) is 0 Å². The summed E-state index contributed by atoms with van der Waals surface area (Å²) in [4.78, 5) is 34.5.